The summed E-state index contributed by atoms with van der Waals surface area (Å²) in [5.74, 6) is -0.490. The highest BCUT2D eigenvalue weighted by atomic mass is 16.2. The van der Waals surface area contributed by atoms with Crippen molar-refractivity contribution in [3.63, 3.8) is 0 Å². The third kappa shape index (κ3) is 3.27. The van der Waals surface area contributed by atoms with Crippen LogP contribution in [0.4, 0.5) is 0 Å². The highest BCUT2D eigenvalue weighted by molar-refractivity contribution is 5.93. The van der Waals surface area contributed by atoms with E-state index in [4.69, 9.17) is 5.73 Å². The molecule has 5 rings (SSSR count). The van der Waals surface area contributed by atoms with Crippen molar-refractivity contribution in [2.45, 2.75) is 63.2 Å². The zero-order valence-electron chi connectivity index (χ0n) is 18.4. The number of carbonyl (C=O) groups excluding carboxylic acids is 3. The molecular formula is C24H29N5O3. The van der Waals surface area contributed by atoms with E-state index in [1.165, 1.54) is 0 Å². The fraction of sp³-hybridized carbons (Fsp3) is 0.583. The SMILES string of the molecule is C[C@@H](CN1C[C@H]2C[C@@H]1C(=O)N2[C@@H]1CCc2cc(C(N)=O)ccc21)C(=O)N1CCC[C@H]1C#N. The highest BCUT2D eigenvalue weighted by Gasteiger charge is 2.53. The molecule has 8 nitrogen and oxygen atoms in total. The number of nitrogens with zero attached hydrogens (tertiary/aromatic N) is 4. The Hall–Kier alpha value is -2.92. The number of hydrogen-bond donors (Lipinski definition) is 1. The van der Waals surface area contributed by atoms with E-state index in [-0.39, 0.29) is 41.9 Å². The molecule has 3 heterocycles. The Kier molecular flexibility index (Phi) is 5.17. The van der Waals surface area contributed by atoms with Crippen LogP contribution in [0.1, 0.15) is 60.1 Å². The summed E-state index contributed by atoms with van der Waals surface area (Å²) in [5.41, 5.74) is 8.16. The lowest BCUT2D eigenvalue weighted by Gasteiger charge is -2.38. The van der Waals surface area contributed by atoms with E-state index in [1.807, 2.05) is 19.1 Å². The summed E-state index contributed by atoms with van der Waals surface area (Å²) in [6, 6.07) is 7.53. The van der Waals surface area contributed by atoms with Crippen molar-refractivity contribution in [3.8, 4) is 6.07 Å². The first-order valence-corrected chi connectivity index (χ1v) is 11.6. The molecule has 3 aliphatic heterocycles. The molecule has 0 saturated carbocycles. The Morgan fingerprint density at radius 2 is 2.09 bits per heavy atom. The molecule has 2 bridgehead atoms. The maximum atomic E-state index is 13.3. The van der Waals surface area contributed by atoms with Crippen LogP contribution < -0.4 is 5.73 Å². The van der Waals surface area contributed by atoms with Crippen LogP contribution in [0.2, 0.25) is 0 Å². The average Bonchev–Trinajstić information content (AvgIpc) is 3.55. The molecule has 8 heteroatoms. The number of likely N-dealkylation sites (tertiary alicyclic amines) is 3. The number of carbonyl (C=O) groups is 3. The lowest BCUT2D eigenvalue weighted by Crippen LogP contribution is -2.53. The van der Waals surface area contributed by atoms with Crippen molar-refractivity contribution in [2.24, 2.45) is 11.7 Å². The third-order valence-electron chi connectivity index (χ3n) is 7.74. The molecule has 1 aromatic carbocycles. The van der Waals surface area contributed by atoms with Gasteiger partial charge in [-0.15, -0.1) is 0 Å². The number of primary amides is 1. The maximum absolute atomic E-state index is 13.3. The van der Waals surface area contributed by atoms with Gasteiger partial charge in [0.05, 0.1) is 18.2 Å². The summed E-state index contributed by atoms with van der Waals surface area (Å²) in [7, 11) is 0. The fourth-order valence-electron chi connectivity index (χ4n) is 6.21. The third-order valence-corrected chi connectivity index (χ3v) is 7.74. The van der Waals surface area contributed by atoms with Crippen LogP contribution in [0.5, 0.6) is 0 Å². The number of nitrogens with two attached hydrogens (primary N) is 1. The molecule has 3 fully saturated rings. The molecule has 0 radical (unpaired) electrons. The quantitative estimate of drug-likeness (QED) is 0.747. The topological polar surface area (TPSA) is 111 Å². The van der Waals surface area contributed by atoms with Gasteiger partial charge >= 0.3 is 0 Å². The van der Waals surface area contributed by atoms with Gasteiger partial charge < -0.3 is 15.5 Å². The van der Waals surface area contributed by atoms with Crippen molar-refractivity contribution in [1.29, 1.82) is 5.26 Å². The molecular weight excluding hydrogens is 406 g/mol. The van der Waals surface area contributed by atoms with E-state index in [0.29, 0.717) is 18.7 Å². The first-order valence-electron chi connectivity index (χ1n) is 11.6. The zero-order chi connectivity index (χ0) is 22.6. The molecule has 0 unspecified atom stereocenters. The number of rotatable bonds is 5. The van der Waals surface area contributed by atoms with Gasteiger partial charge in [0.25, 0.3) is 0 Å². The molecule has 0 aromatic heterocycles. The fourth-order valence-corrected chi connectivity index (χ4v) is 6.21. The van der Waals surface area contributed by atoms with Crippen LogP contribution >= 0.6 is 0 Å². The number of aryl methyl sites for hydroxylation is 1. The van der Waals surface area contributed by atoms with Gasteiger partial charge in [0.15, 0.2) is 0 Å². The van der Waals surface area contributed by atoms with Crippen LogP contribution in [-0.2, 0) is 16.0 Å². The van der Waals surface area contributed by atoms with Crippen LogP contribution in [-0.4, -0.2) is 70.2 Å². The largest absolute Gasteiger partial charge is 0.366 e. The monoisotopic (exact) mass is 435 g/mol. The van der Waals surface area contributed by atoms with Crippen molar-refractivity contribution < 1.29 is 14.4 Å². The first-order chi connectivity index (χ1) is 15.4. The predicted molar refractivity (Wildman–Crippen MR) is 116 cm³/mol. The average molecular weight is 436 g/mol. The molecule has 0 spiro atoms. The predicted octanol–water partition coefficient (Wildman–Crippen LogP) is 1.21. The van der Waals surface area contributed by atoms with Crippen LogP contribution in [0.15, 0.2) is 18.2 Å². The minimum absolute atomic E-state index is 0.0242. The second-order valence-corrected chi connectivity index (χ2v) is 9.66. The van der Waals surface area contributed by atoms with Gasteiger partial charge in [-0.2, -0.15) is 5.26 Å². The maximum Gasteiger partial charge on any atom is 0.248 e. The van der Waals surface area contributed by atoms with Crippen molar-refractivity contribution in [2.75, 3.05) is 19.6 Å². The van der Waals surface area contributed by atoms with E-state index >= 15 is 0 Å². The van der Waals surface area contributed by atoms with Crippen LogP contribution in [0.3, 0.4) is 0 Å². The zero-order valence-corrected chi connectivity index (χ0v) is 18.4. The van der Waals surface area contributed by atoms with E-state index < -0.39 is 5.91 Å². The highest BCUT2D eigenvalue weighted by Crippen LogP contribution is 2.44. The summed E-state index contributed by atoms with van der Waals surface area (Å²) in [6.07, 6.45) is 4.14. The van der Waals surface area contributed by atoms with Gasteiger partial charge in [-0.25, -0.2) is 0 Å². The summed E-state index contributed by atoms with van der Waals surface area (Å²) in [6.45, 7) is 3.89. The Balaban J connectivity index is 1.25. The molecule has 32 heavy (non-hydrogen) atoms. The van der Waals surface area contributed by atoms with Gasteiger partial charge in [0.2, 0.25) is 17.7 Å². The van der Waals surface area contributed by atoms with E-state index in [9.17, 15) is 19.6 Å². The molecule has 1 aromatic rings. The second-order valence-electron chi connectivity index (χ2n) is 9.66. The van der Waals surface area contributed by atoms with Gasteiger partial charge in [0, 0.05) is 37.2 Å². The van der Waals surface area contributed by atoms with Gasteiger partial charge in [0.1, 0.15) is 6.04 Å². The van der Waals surface area contributed by atoms with Gasteiger partial charge in [-0.05, 0) is 55.4 Å². The second kappa shape index (κ2) is 7.89. The summed E-state index contributed by atoms with van der Waals surface area (Å²) >= 11 is 0. The number of hydrogen-bond acceptors (Lipinski definition) is 5. The molecule has 3 amide bonds. The number of fused-ring (bicyclic) bond motifs is 3. The molecule has 168 valence electrons. The van der Waals surface area contributed by atoms with E-state index in [2.05, 4.69) is 15.9 Å². The molecule has 2 N–H and O–H groups in total. The minimum atomic E-state index is -0.429. The normalized spacial score (nSPS) is 29.9. The van der Waals surface area contributed by atoms with E-state index in [1.54, 1.807) is 11.0 Å². The van der Waals surface area contributed by atoms with Crippen molar-refractivity contribution in [3.05, 3.63) is 34.9 Å². The Morgan fingerprint density at radius 3 is 2.81 bits per heavy atom. The summed E-state index contributed by atoms with van der Waals surface area (Å²) < 4.78 is 0. The Labute approximate surface area is 187 Å². The summed E-state index contributed by atoms with van der Waals surface area (Å²) in [4.78, 5) is 43.6. The van der Waals surface area contributed by atoms with Crippen molar-refractivity contribution in [1.82, 2.24) is 14.7 Å². The standard InChI is InChI=1S/C24H29N5O3/c1-14(23(31)28-8-2-3-17(28)11-25)12-27-13-18-10-21(27)24(32)29(18)20-7-5-15-9-16(22(26)30)4-6-19(15)20/h4,6,9,14,17-18,20-21H,2-3,5,7-8,10,12-13H2,1H3,(H2,26,30)/t14-,17-,18+,20+,21+/m0/s1. The summed E-state index contributed by atoms with van der Waals surface area (Å²) in [5, 5.41) is 9.29. The van der Waals surface area contributed by atoms with Crippen LogP contribution in [0, 0.1) is 17.2 Å². The molecule has 1 aliphatic carbocycles. The van der Waals surface area contributed by atoms with Crippen molar-refractivity contribution >= 4 is 17.7 Å². The number of benzene rings is 1. The number of piperazine rings is 1. The Morgan fingerprint density at radius 1 is 1.28 bits per heavy atom. The number of amides is 3. The van der Waals surface area contributed by atoms with E-state index in [0.717, 1.165) is 49.8 Å². The number of nitriles is 1. The molecule has 4 aliphatic rings. The Bertz CT molecular complexity index is 1020. The molecule has 5 atom stereocenters. The van der Waals surface area contributed by atoms with Gasteiger partial charge in [-0.3, -0.25) is 19.3 Å². The first kappa shape index (κ1) is 21.0. The lowest BCUT2D eigenvalue weighted by atomic mass is 10.0. The lowest BCUT2D eigenvalue weighted by molar-refractivity contribution is -0.142. The molecule has 3 saturated heterocycles. The minimum Gasteiger partial charge on any atom is -0.366 e. The smallest absolute Gasteiger partial charge is 0.248 e. The van der Waals surface area contributed by atoms with Crippen LogP contribution in [0.25, 0.3) is 0 Å². The van der Waals surface area contributed by atoms with Gasteiger partial charge in [-0.1, -0.05) is 13.0 Å².